The first-order valence-corrected chi connectivity index (χ1v) is 10.3. The number of carboxylic acids is 1. The minimum Gasteiger partial charge on any atom is -0.477 e. The Bertz CT molecular complexity index is 1020. The second kappa shape index (κ2) is 6.83. The molecule has 3 rings (SSSR count). The van der Waals surface area contributed by atoms with Crippen molar-refractivity contribution in [2.45, 2.75) is 4.90 Å². The van der Waals surface area contributed by atoms with Gasteiger partial charge in [0.05, 0.1) is 10.6 Å². The lowest BCUT2D eigenvalue weighted by Gasteiger charge is -2.07. The zero-order valence-electron chi connectivity index (χ0n) is 12.8. The molecule has 0 aliphatic carbocycles. The zero-order valence-corrected chi connectivity index (χ0v) is 15.2. The highest BCUT2D eigenvalue weighted by Gasteiger charge is 2.22. The van der Waals surface area contributed by atoms with Crippen LogP contribution in [0.2, 0.25) is 0 Å². The van der Waals surface area contributed by atoms with Gasteiger partial charge in [-0.05, 0) is 40.6 Å². The summed E-state index contributed by atoms with van der Waals surface area (Å²) in [6, 6.07) is 9.56. The van der Waals surface area contributed by atoms with Crippen LogP contribution in [-0.4, -0.2) is 19.5 Å². The highest BCUT2D eigenvalue weighted by atomic mass is 32.2. The van der Waals surface area contributed by atoms with Gasteiger partial charge in [-0.1, -0.05) is 24.8 Å². The van der Waals surface area contributed by atoms with Crippen molar-refractivity contribution in [3.63, 3.8) is 0 Å². The van der Waals surface area contributed by atoms with Gasteiger partial charge in [0.1, 0.15) is 4.88 Å². The quantitative estimate of drug-likeness (QED) is 0.642. The van der Waals surface area contributed by atoms with Crippen molar-refractivity contribution in [3.8, 4) is 10.4 Å². The van der Waals surface area contributed by atoms with E-state index in [0.717, 1.165) is 22.5 Å². The fourth-order valence-electron chi connectivity index (χ4n) is 2.16. The van der Waals surface area contributed by atoms with Crippen molar-refractivity contribution in [1.82, 2.24) is 0 Å². The predicted octanol–water partition coefficient (Wildman–Crippen LogP) is 4.62. The summed E-state index contributed by atoms with van der Waals surface area (Å²) >= 11 is 2.52. The number of thiophene rings is 2. The van der Waals surface area contributed by atoms with Gasteiger partial charge < -0.3 is 5.11 Å². The van der Waals surface area contributed by atoms with Gasteiger partial charge in [0, 0.05) is 10.4 Å². The summed E-state index contributed by atoms with van der Waals surface area (Å²) in [4.78, 5) is 12.2. The van der Waals surface area contributed by atoms with Crippen LogP contribution in [-0.2, 0) is 10.0 Å². The number of anilines is 1. The molecule has 0 unspecified atom stereocenters. The Morgan fingerprint density at radius 3 is 2.48 bits per heavy atom. The maximum Gasteiger partial charge on any atom is 0.348 e. The first kappa shape index (κ1) is 17.4. The van der Waals surface area contributed by atoms with Gasteiger partial charge >= 0.3 is 5.97 Å². The molecule has 2 aromatic heterocycles. The van der Waals surface area contributed by atoms with Gasteiger partial charge in [0.25, 0.3) is 10.0 Å². The van der Waals surface area contributed by atoms with Gasteiger partial charge in [0.2, 0.25) is 0 Å². The Kier molecular flexibility index (Phi) is 4.76. The van der Waals surface area contributed by atoms with Crippen LogP contribution >= 0.6 is 22.7 Å². The number of benzene rings is 1. The molecule has 0 aliphatic rings. The molecular weight excluding hydrogens is 378 g/mol. The Balaban J connectivity index is 1.98. The minimum atomic E-state index is -3.89. The summed E-state index contributed by atoms with van der Waals surface area (Å²) in [5.74, 6) is -1.17. The summed E-state index contributed by atoms with van der Waals surface area (Å²) in [6.07, 6.45) is 1.61. The molecule has 0 saturated heterocycles. The number of rotatable bonds is 6. The number of sulfonamides is 1. The van der Waals surface area contributed by atoms with E-state index in [0.29, 0.717) is 4.88 Å². The molecule has 128 valence electrons. The van der Waals surface area contributed by atoms with Gasteiger partial charge in [-0.25, -0.2) is 13.2 Å². The van der Waals surface area contributed by atoms with E-state index in [9.17, 15) is 18.3 Å². The Morgan fingerprint density at radius 1 is 1.20 bits per heavy atom. The molecule has 3 aromatic rings. The topological polar surface area (TPSA) is 83.5 Å². The monoisotopic (exact) mass is 391 g/mol. The molecule has 0 radical (unpaired) electrons. The highest BCUT2D eigenvalue weighted by molar-refractivity contribution is 7.92. The van der Waals surface area contributed by atoms with Gasteiger partial charge in [-0.2, -0.15) is 11.3 Å². The largest absolute Gasteiger partial charge is 0.477 e. The Morgan fingerprint density at radius 2 is 1.92 bits per heavy atom. The maximum atomic E-state index is 12.5. The average molecular weight is 391 g/mol. The molecule has 2 N–H and O–H groups in total. The lowest BCUT2D eigenvalue weighted by atomic mass is 10.2. The zero-order chi connectivity index (χ0) is 18.0. The van der Waals surface area contributed by atoms with E-state index < -0.39 is 16.0 Å². The number of aromatic carboxylic acids is 1. The second-order valence-electron chi connectivity index (χ2n) is 5.05. The van der Waals surface area contributed by atoms with E-state index in [1.54, 1.807) is 24.3 Å². The second-order valence-corrected chi connectivity index (χ2v) is 8.56. The molecule has 25 heavy (non-hydrogen) atoms. The molecular formula is C17H13NO4S3. The van der Waals surface area contributed by atoms with Crippen LogP contribution in [0.5, 0.6) is 0 Å². The number of carboxylic acid groups (broad SMARTS) is 1. The molecule has 5 nitrogen and oxygen atoms in total. The molecule has 0 aliphatic heterocycles. The Hall–Kier alpha value is -2.42. The van der Waals surface area contributed by atoms with Crippen LogP contribution in [0.25, 0.3) is 16.5 Å². The molecule has 1 aromatic carbocycles. The SMILES string of the molecule is C=Cc1ccc(S(=O)(=O)Nc2cc(-c3ccsc3)sc2C(=O)O)cc1. The molecule has 0 spiro atoms. The van der Waals surface area contributed by atoms with Gasteiger partial charge in [-0.15, -0.1) is 11.3 Å². The summed E-state index contributed by atoms with van der Waals surface area (Å²) in [6.45, 7) is 3.62. The van der Waals surface area contributed by atoms with E-state index in [-0.39, 0.29) is 15.5 Å². The van der Waals surface area contributed by atoms with Crippen molar-refractivity contribution in [3.05, 3.63) is 64.2 Å². The summed E-state index contributed by atoms with van der Waals surface area (Å²) in [7, 11) is -3.89. The summed E-state index contributed by atoms with van der Waals surface area (Å²) < 4.78 is 27.5. The molecule has 0 fully saturated rings. The van der Waals surface area contributed by atoms with Gasteiger partial charge in [0.15, 0.2) is 0 Å². The highest BCUT2D eigenvalue weighted by Crippen LogP contribution is 2.36. The van der Waals surface area contributed by atoms with Crippen LogP contribution in [0.3, 0.4) is 0 Å². The normalized spacial score (nSPS) is 11.2. The summed E-state index contributed by atoms with van der Waals surface area (Å²) in [5.41, 5.74) is 1.71. The first-order valence-electron chi connectivity index (χ1n) is 7.06. The van der Waals surface area contributed by atoms with Gasteiger partial charge in [-0.3, -0.25) is 4.72 Å². The number of nitrogens with one attached hydrogen (secondary N) is 1. The molecule has 8 heteroatoms. The van der Waals surface area contributed by atoms with E-state index in [4.69, 9.17) is 0 Å². The smallest absolute Gasteiger partial charge is 0.348 e. The lowest BCUT2D eigenvalue weighted by molar-refractivity contribution is 0.0703. The van der Waals surface area contributed by atoms with Crippen molar-refractivity contribution >= 4 is 50.4 Å². The maximum absolute atomic E-state index is 12.5. The Labute approximate surface area is 152 Å². The molecule has 2 heterocycles. The van der Waals surface area contributed by atoms with Crippen LogP contribution in [0.4, 0.5) is 5.69 Å². The van der Waals surface area contributed by atoms with Crippen molar-refractivity contribution in [1.29, 1.82) is 0 Å². The van der Waals surface area contributed by atoms with Crippen molar-refractivity contribution in [2.24, 2.45) is 0 Å². The molecule has 0 amide bonds. The van der Waals surface area contributed by atoms with Crippen LogP contribution in [0, 0.1) is 0 Å². The van der Waals surface area contributed by atoms with Crippen molar-refractivity contribution < 1.29 is 18.3 Å². The third-order valence-corrected chi connectivity index (χ3v) is 6.64. The van der Waals surface area contributed by atoms with E-state index in [2.05, 4.69) is 11.3 Å². The van der Waals surface area contributed by atoms with Crippen molar-refractivity contribution in [2.75, 3.05) is 4.72 Å². The number of hydrogen-bond acceptors (Lipinski definition) is 5. The van der Waals surface area contributed by atoms with E-state index in [1.807, 2.05) is 16.8 Å². The first-order chi connectivity index (χ1) is 11.9. The van der Waals surface area contributed by atoms with E-state index >= 15 is 0 Å². The number of hydrogen-bond donors (Lipinski definition) is 2. The third-order valence-electron chi connectivity index (χ3n) is 3.40. The average Bonchev–Trinajstić information content (AvgIpc) is 3.24. The minimum absolute atomic E-state index is 0.0486. The molecule has 0 atom stereocenters. The fraction of sp³-hybridized carbons (Fsp3) is 0. The van der Waals surface area contributed by atoms with Crippen LogP contribution in [0.1, 0.15) is 15.2 Å². The third kappa shape index (κ3) is 3.65. The standard InChI is InChI=1S/C17H13NO4S3/c1-2-11-3-5-13(6-4-11)25(21,22)18-14-9-15(12-7-8-23-10-12)24-16(14)17(19)20/h2-10,18H,1H2,(H,19,20). The van der Waals surface area contributed by atoms with E-state index in [1.165, 1.54) is 23.5 Å². The predicted molar refractivity (Wildman–Crippen MR) is 102 cm³/mol. The van der Waals surface area contributed by atoms with Crippen LogP contribution in [0.15, 0.2) is 58.6 Å². The lowest BCUT2D eigenvalue weighted by Crippen LogP contribution is -2.14. The molecule has 0 bridgehead atoms. The molecule has 0 saturated carbocycles. The number of carbonyl (C=O) groups is 1. The summed E-state index contributed by atoms with van der Waals surface area (Å²) in [5, 5.41) is 13.1. The fourth-order valence-corrected chi connectivity index (χ4v) is 4.97. The van der Waals surface area contributed by atoms with Crippen LogP contribution < -0.4 is 4.72 Å².